The molecule has 3 aromatic rings. The maximum Gasteiger partial charge on any atom is 0.251 e. The summed E-state index contributed by atoms with van der Waals surface area (Å²) >= 11 is 0. The molecule has 27 heavy (non-hydrogen) atoms. The van der Waals surface area contributed by atoms with Crippen molar-refractivity contribution in [1.29, 1.82) is 0 Å². The highest BCUT2D eigenvalue weighted by molar-refractivity contribution is 5.97. The van der Waals surface area contributed by atoms with Crippen LogP contribution in [0, 0.1) is 12.7 Å². The molecule has 0 aliphatic heterocycles. The molecule has 4 heteroatoms. The lowest BCUT2D eigenvalue weighted by atomic mass is 9.94. The highest BCUT2D eigenvalue weighted by atomic mass is 19.1. The number of pyridine rings is 1. The van der Waals surface area contributed by atoms with Crippen molar-refractivity contribution < 1.29 is 9.18 Å². The fourth-order valence-corrected chi connectivity index (χ4v) is 2.90. The third-order valence-corrected chi connectivity index (χ3v) is 4.21. The van der Waals surface area contributed by atoms with Gasteiger partial charge in [0.2, 0.25) is 0 Å². The zero-order valence-corrected chi connectivity index (χ0v) is 16.0. The fraction of sp³-hybridized carbons (Fsp3) is 0.217. The second-order valence-corrected chi connectivity index (χ2v) is 7.70. The Morgan fingerprint density at radius 2 is 1.63 bits per heavy atom. The van der Waals surface area contributed by atoms with E-state index in [1.54, 1.807) is 24.5 Å². The lowest BCUT2D eigenvalue weighted by Gasteiger charge is -2.21. The van der Waals surface area contributed by atoms with Gasteiger partial charge in [0.05, 0.1) is 0 Å². The summed E-state index contributed by atoms with van der Waals surface area (Å²) in [5.74, 6) is -0.432. The first-order valence-electron chi connectivity index (χ1n) is 8.87. The number of rotatable bonds is 3. The molecule has 1 heterocycles. The number of nitrogens with zero attached hydrogens (tertiary/aromatic N) is 1. The van der Waals surface area contributed by atoms with Crippen molar-refractivity contribution in [1.82, 2.24) is 10.3 Å². The fourth-order valence-electron chi connectivity index (χ4n) is 2.90. The van der Waals surface area contributed by atoms with Gasteiger partial charge in [0.25, 0.3) is 5.91 Å². The van der Waals surface area contributed by atoms with Crippen LogP contribution in [0.25, 0.3) is 22.3 Å². The molecule has 0 saturated carbocycles. The monoisotopic (exact) mass is 362 g/mol. The quantitative estimate of drug-likeness (QED) is 0.678. The van der Waals surface area contributed by atoms with E-state index >= 15 is 0 Å². The highest BCUT2D eigenvalue weighted by Gasteiger charge is 2.17. The van der Waals surface area contributed by atoms with Gasteiger partial charge >= 0.3 is 0 Å². The molecule has 138 valence electrons. The van der Waals surface area contributed by atoms with Gasteiger partial charge in [-0.15, -0.1) is 0 Å². The van der Waals surface area contributed by atoms with Crippen LogP contribution in [0.1, 0.15) is 36.7 Å². The van der Waals surface area contributed by atoms with Crippen molar-refractivity contribution in [2.75, 3.05) is 0 Å². The van der Waals surface area contributed by atoms with E-state index in [0.29, 0.717) is 5.56 Å². The Morgan fingerprint density at radius 3 is 2.26 bits per heavy atom. The molecule has 0 bridgehead atoms. The van der Waals surface area contributed by atoms with Crippen LogP contribution < -0.4 is 5.32 Å². The van der Waals surface area contributed by atoms with E-state index in [2.05, 4.69) is 10.3 Å². The maximum atomic E-state index is 13.3. The predicted octanol–water partition coefficient (Wildman–Crippen LogP) is 5.39. The average molecular weight is 362 g/mol. The standard InChI is InChI=1S/C23H23FN2O/c1-15-9-10-25-14-21(15)18-11-17(16-5-7-20(24)8-6-16)12-19(13-18)22(27)26-23(2,3)4/h5-14H,1-4H3,(H,26,27). The van der Waals surface area contributed by atoms with Gasteiger partial charge in [-0.25, -0.2) is 4.39 Å². The molecule has 0 spiro atoms. The number of carbonyl (C=O) groups excluding carboxylic acids is 1. The van der Waals surface area contributed by atoms with Crippen LogP contribution in [-0.2, 0) is 0 Å². The average Bonchev–Trinajstić information content (AvgIpc) is 2.61. The van der Waals surface area contributed by atoms with E-state index < -0.39 is 0 Å². The summed E-state index contributed by atoms with van der Waals surface area (Å²) in [6, 6.07) is 13.9. The predicted molar refractivity (Wildman–Crippen MR) is 107 cm³/mol. The number of amides is 1. The van der Waals surface area contributed by atoms with Crippen molar-refractivity contribution in [3.63, 3.8) is 0 Å². The van der Waals surface area contributed by atoms with E-state index in [9.17, 15) is 9.18 Å². The van der Waals surface area contributed by atoms with E-state index in [1.807, 2.05) is 52.0 Å². The summed E-state index contributed by atoms with van der Waals surface area (Å²) in [7, 11) is 0. The summed E-state index contributed by atoms with van der Waals surface area (Å²) in [5.41, 5.74) is 4.87. The van der Waals surface area contributed by atoms with Crippen LogP contribution in [0.3, 0.4) is 0 Å². The molecule has 0 unspecified atom stereocenters. The zero-order valence-electron chi connectivity index (χ0n) is 16.0. The SMILES string of the molecule is Cc1ccncc1-c1cc(C(=O)NC(C)(C)C)cc(-c2ccc(F)cc2)c1. The normalized spacial score (nSPS) is 11.3. The minimum absolute atomic E-state index is 0.144. The van der Waals surface area contributed by atoms with E-state index in [4.69, 9.17) is 0 Å². The first-order valence-corrected chi connectivity index (χ1v) is 8.87. The number of hydrogen-bond donors (Lipinski definition) is 1. The molecule has 0 aliphatic rings. The second kappa shape index (κ2) is 7.31. The van der Waals surface area contributed by atoms with Gasteiger partial charge in [-0.2, -0.15) is 0 Å². The largest absolute Gasteiger partial charge is 0.347 e. The van der Waals surface area contributed by atoms with E-state index in [1.165, 1.54) is 12.1 Å². The van der Waals surface area contributed by atoms with Crippen molar-refractivity contribution in [3.05, 3.63) is 77.9 Å². The molecule has 3 rings (SSSR count). The van der Waals surface area contributed by atoms with Crippen LogP contribution in [0.4, 0.5) is 4.39 Å². The lowest BCUT2D eigenvalue weighted by Crippen LogP contribution is -2.40. The van der Waals surface area contributed by atoms with Gasteiger partial charge in [-0.05, 0) is 86.3 Å². The molecule has 1 amide bonds. The van der Waals surface area contributed by atoms with E-state index in [-0.39, 0.29) is 17.3 Å². The minimum Gasteiger partial charge on any atom is -0.347 e. The van der Waals surface area contributed by atoms with Gasteiger partial charge in [-0.1, -0.05) is 12.1 Å². The molecule has 0 saturated heterocycles. The molecule has 1 aromatic heterocycles. The Kier molecular flexibility index (Phi) is 5.08. The Balaban J connectivity index is 2.15. The summed E-state index contributed by atoms with van der Waals surface area (Å²) < 4.78 is 13.3. The van der Waals surface area contributed by atoms with Crippen LogP contribution >= 0.6 is 0 Å². The van der Waals surface area contributed by atoms with Gasteiger partial charge in [-0.3, -0.25) is 9.78 Å². The first-order chi connectivity index (χ1) is 12.7. The lowest BCUT2D eigenvalue weighted by molar-refractivity contribution is 0.0919. The van der Waals surface area contributed by atoms with Crippen molar-refractivity contribution in [2.24, 2.45) is 0 Å². The molecule has 2 aromatic carbocycles. The molecule has 0 radical (unpaired) electrons. The Morgan fingerprint density at radius 1 is 0.963 bits per heavy atom. The number of halogens is 1. The maximum absolute atomic E-state index is 13.3. The summed E-state index contributed by atoms with van der Waals surface area (Å²) in [6.45, 7) is 7.85. The van der Waals surface area contributed by atoms with Gasteiger partial charge in [0.1, 0.15) is 5.82 Å². The highest BCUT2D eigenvalue weighted by Crippen LogP contribution is 2.30. The van der Waals surface area contributed by atoms with Crippen LogP contribution in [0.2, 0.25) is 0 Å². The number of hydrogen-bond acceptors (Lipinski definition) is 2. The third kappa shape index (κ3) is 4.59. The number of aryl methyl sites for hydroxylation is 1. The Hall–Kier alpha value is -3.01. The van der Waals surface area contributed by atoms with Crippen molar-refractivity contribution in [2.45, 2.75) is 33.2 Å². The zero-order chi connectivity index (χ0) is 19.6. The van der Waals surface area contributed by atoms with Gasteiger partial charge in [0.15, 0.2) is 0 Å². The molecular weight excluding hydrogens is 339 g/mol. The van der Waals surface area contributed by atoms with Gasteiger partial charge in [0, 0.05) is 29.1 Å². The van der Waals surface area contributed by atoms with Crippen LogP contribution in [0.15, 0.2) is 60.9 Å². The van der Waals surface area contributed by atoms with Crippen molar-refractivity contribution in [3.8, 4) is 22.3 Å². The van der Waals surface area contributed by atoms with E-state index in [0.717, 1.165) is 27.8 Å². The third-order valence-electron chi connectivity index (χ3n) is 4.21. The van der Waals surface area contributed by atoms with Crippen molar-refractivity contribution >= 4 is 5.91 Å². The molecule has 0 atom stereocenters. The molecule has 0 fully saturated rings. The Labute approximate surface area is 159 Å². The van der Waals surface area contributed by atoms with Crippen LogP contribution in [-0.4, -0.2) is 16.4 Å². The molecule has 3 nitrogen and oxygen atoms in total. The summed E-state index contributed by atoms with van der Waals surface area (Å²) in [5, 5.41) is 3.00. The number of benzene rings is 2. The second-order valence-electron chi connectivity index (χ2n) is 7.70. The smallest absolute Gasteiger partial charge is 0.251 e. The number of aromatic nitrogens is 1. The topological polar surface area (TPSA) is 42.0 Å². The van der Waals surface area contributed by atoms with Crippen LogP contribution in [0.5, 0.6) is 0 Å². The Bertz CT molecular complexity index is 972. The number of carbonyl (C=O) groups is 1. The number of nitrogens with one attached hydrogen (secondary N) is 1. The summed E-state index contributed by atoms with van der Waals surface area (Å²) in [6.07, 6.45) is 3.54. The molecule has 1 N–H and O–H groups in total. The molecule has 0 aliphatic carbocycles. The van der Waals surface area contributed by atoms with Gasteiger partial charge < -0.3 is 5.32 Å². The first kappa shape index (κ1) is 18.8. The minimum atomic E-state index is -0.340. The summed E-state index contributed by atoms with van der Waals surface area (Å²) in [4.78, 5) is 17.0. The molecular formula is C23H23FN2O.